The number of para-hydroxylation sites is 1. The van der Waals surface area contributed by atoms with Crippen molar-refractivity contribution in [3.05, 3.63) is 53.1 Å². The van der Waals surface area contributed by atoms with E-state index in [-0.39, 0.29) is 5.91 Å². The van der Waals surface area contributed by atoms with Crippen LogP contribution in [0.5, 0.6) is 0 Å². The fourth-order valence-electron chi connectivity index (χ4n) is 3.31. The van der Waals surface area contributed by atoms with Gasteiger partial charge >= 0.3 is 11.8 Å². The van der Waals surface area contributed by atoms with E-state index in [0.717, 1.165) is 28.8 Å². The molecular weight excluding hydrogens is 342 g/mol. The van der Waals surface area contributed by atoms with E-state index < -0.39 is 11.8 Å². The molecule has 1 saturated heterocycles. The second kappa shape index (κ2) is 7.61. The Kier molecular flexibility index (Phi) is 5.26. The van der Waals surface area contributed by atoms with Gasteiger partial charge in [-0.1, -0.05) is 18.2 Å². The number of anilines is 3. The fraction of sp³-hybridized carbons (Fsp3) is 0.286. The molecule has 6 heteroatoms. The van der Waals surface area contributed by atoms with E-state index >= 15 is 0 Å². The maximum Gasteiger partial charge on any atom is 0.314 e. The third-order valence-corrected chi connectivity index (χ3v) is 4.74. The van der Waals surface area contributed by atoms with E-state index in [0.29, 0.717) is 24.3 Å². The standard InChI is InChI=1S/C21H23N3O3/c1-13-6-4-7-14(2)19(13)23-21(27)20(26)22-16-9-10-17(15(3)12-16)24-11-5-8-18(24)25/h4,6-7,9-10,12H,5,8,11H2,1-3H3,(H,22,26)(H,23,27). The molecule has 0 radical (unpaired) electrons. The number of rotatable bonds is 3. The Balaban J connectivity index is 1.69. The summed E-state index contributed by atoms with van der Waals surface area (Å²) in [6.07, 6.45) is 1.42. The molecule has 0 spiro atoms. The molecule has 0 unspecified atom stereocenters. The van der Waals surface area contributed by atoms with Gasteiger partial charge in [-0.2, -0.15) is 0 Å². The summed E-state index contributed by atoms with van der Waals surface area (Å²) in [6.45, 7) is 6.35. The number of benzene rings is 2. The van der Waals surface area contributed by atoms with Crippen LogP contribution in [0.4, 0.5) is 17.1 Å². The van der Waals surface area contributed by atoms with E-state index in [2.05, 4.69) is 10.6 Å². The van der Waals surface area contributed by atoms with Gasteiger partial charge in [-0.05, 0) is 62.1 Å². The topological polar surface area (TPSA) is 78.5 Å². The lowest BCUT2D eigenvalue weighted by Gasteiger charge is -2.19. The summed E-state index contributed by atoms with van der Waals surface area (Å²) in [6, 6.07) is 10.9. The molecule has 1 aliphatic heterocycles. The zero-order valence-corrected chi connectivity index (χ0v) is 15.8. The molecule has 0 aromatic heterocycles. The molecule has 1 fully saturated rings. The van der Waals surface area contributed by atoms with Gasteiger partial charge < -0.3 is 15.5 Å². The minimum absolute atomic E-state index is 0.114. The molecular formula is C21H23N3O3. The molecule has 3 rings (SSSR count). The summed E-state index contributed by atoms with van der Waals surface area (Å²) in [5.74, 6) is -1.34. The van der Waals surface area contributed by atoms with Gasteiger partial charge in [0.25, 0.3) is 0 Å². The molecule has 2 aromatic rings. The molecule has 0 bridgehead atoms. The van der Waals surface area contributed by atoms with Crippen molar-refractivity contribution in [2.24, 2.45) is 0 Å². The van der Waals surface area contributed by atoms with Gasteiger partial charge in [0.2, 0.25) is 5.91 Å². The number of nitrogens with one attached hydrogen (secondary N) is 2. The summed E-state index contributed by atoms with van der Waals surface area (Å²) in [4.78, 5) is 38.2. The zero-order valence-electron chi connectivity index (χ0n) is 15.8. The molecule has 0 saturated carbocycles. The highest BCUT2D eigenvalue weighted by Gasteiger charge is 2.23. The molecule has 2 N–H and O–H groups in total. The molecule has 2 aromatic carbocycles. The Morgan fingerprint density at radius 1 is 0.926 bits per heavy atom. The lowest BCUT2D eigenvalue weighted by Crippen LogP contribution is -2.29. The van der Waals surface area contributed by atoms with E-state index in [4.69, 9.17) is 0 Å². The fourth-order valence-corrected chi connectivity index (χ4v) is 3.31. The second-order valence-electron chi connectivity index (χ2n) is 6.83. The Morgan fingerprint density at radius 2 is 1.59 bits per heavy atom. The highest BCUT2D eigenvalue weighted by molar-refractivity contribution is 6.43. The van der Waals surface area contributed by atoms with Crippen LogP contribution in [0.2, 0.25) is 0 Å². The van der Waals surface area contributed by atoms with Crippen LogP contribution < -0.4 is 15.5 Å². The highest BCUT2D eigenvalue weighted by atomic mass is 16.2. The maximum atomic E-state index is 12.3. The van der Waals surface area contributed by atoms with Crippen LogP contribution in [-0.2, 0) is 14.4 Å². The quantitative estimate of drug-likeness (QED) is 0.819. The number of carbonyl (C=O) groups excluding carboxylic acids is 3. The predicted octanol–water partition coefficient (Wildman–Crippen LogP) is 3.32. The number of hydrogen-bond acceptors (Lipinski definition) is 3. The van der Waals surface area contributed by atoms with Crippen LogP contribution in [-0.4, -0.2) is 24.3 Å². The predicted molar refractivity (Wildman–Crippen MR) is 106 cm³/mol. The number of nitrogens with zero attached hydrogens (tertiary/aromatic N) is 1. The van der Waals surface area contributed by atoms with E-state index in [1.807, 2.05) is 39.0 Å². The first-order valence-electron chi connectivity index (χ1n) is 8.96. The molecule has 0 aliphatic carbocycles. The van der Waals surface area contributed by atoms with E-state index in [1.165, 1.54) is 0 Å². The minimum Gasteiger partial charge on any atom is -0.318 e. The molecule has 1 heterocycles. The van der Waals surface area contributed by atoms with Gasteiger partial charge in [0.15, 0.2) is 0 Å². The van der Waals surface area contributed by atoms with Gasteiger partial charge in [-0.3, -0.25) is 14.4 Å². The molecule has 27 heavy (non-hydrogen) atoms. The van der Waals surface area contributed by atoms with Crippen molar-refractivity contribution in [3.8, 4) is 0 Å². The van der Waals surface area contributed by atoms with Gasteiger partial charge in [0, 0.05) is 30.0 Å². The normalized spacial score (nSPS) is 13.6. The van der Waals surface area contributed by atoms with Gasteiger partial charge in [-0.25, -0.2) is 0 Å². The van der Waals surface area contributed by atoms with Crippen LogP contribution in [0, 0.1) is 20.8 Å². The summed E-state index contributed by atoms with van der Waals surface area (Å²) < 4.78 is 0. The van der Waals surface area contributed by atoms with Crippen LogP contribution in [0.15, 0.2) is 36.4 Å². The highest BCUT2D eigenvalue weighted by Crippen LogP contribution is 2.27. The third-order valence-electron chi connectivity index (χ3n) is 4.74. The van der Waals surface area contributed by atoms with E-state index in [9.17, 15) is 14.4 Å². The summed E-state index contributed by atoms with van der Waals surface area (Å²) in [5, 5.41) is 5.29. The van der Waals surface area contributed by atoms with Crippen molar-refractivity contribution >= 4 is 34.8 Å². The minimum atomic E-state index is -0.734. The summed E-state index contributed by atoms with van der Waals surface area (Å²) in [5.41, 5.74) is 4.67. The molecule has 6 nitrogen and oxygen atoms in total. The maximum absolute atomic E-state index is 12.3. The van der Waals surface area contributed by atoms with Crippen molar-refractivity contribution in [3.63, 3.8) is 0 Å². The van der Waals surface area contributed by atoms with Crippen LogP contribution >= 0.6 is 0 Å². The molecule has 1 aliphatic rings. The lowest BCUT2D eigenvalue weighted by atomic mass is 10.1. The van der Waals surface area contributed by atoms with Crippen molar-refractivity contribution in [2.45, 2.75) is 33.6 Å². The SMILES string of the molecule is Cc1cc(NC(=O)C(=O)Nc2c(C)cccc2C)ccc1N1CCCC1=O. The number of hydrogen-bond donors (Lipinski definition) is 2. The Labute approximate surface area is 158 Å². The number of amides is 3. The summed E-state index contributed by atoms with van der Waals surface area (Å²) in [7, 11) is 0. The smallest absolute Gasteiger partial charge is 0.314 e. The van der Waals surface area contributed by atoms with E-state index in [1.54, 1.807) is 23.1 Å². The van der Waals surface area contributed by atoms with Gasteiger partial charge in [-0.15, -0.1) is 0 Å². The first-order valence-corrected chi connectivity index (χ1v) is 8.96. The van der Waals surface area contributed by atoms with Crippen LogP contribution in [0.3, 0.4) is 0 Å². The number of carbonyl (C=O) groups is 3. The first-order chi connectivity index (χ1) is 12.9. The molecule has 0 atom stereocenters. The Morgan fingerprint density at radius 3 is 2.19 bits per heavy atom. The van der Waals surface area contributed by atoms with Crippen molar-refractivity contribution < 1.29 is 14.4 Å². The third kappa shape index (κ3) is 4.00. The van der Waals surface area contributed by atoms with Crippen molar-refractivity contribution in [1.29, 1.82) is 0 Å². The average molecular weight is 365 g/mol. The first kappa shape index (κ1) is 18.6. The summed E-state index contributed by atoms with van der Waals surface area (Å²) >= 11 is 0. The van der Waals surface area contributed by atoms with Crippen molar-refractivity contribution in [1.82, 2.24) is 0 Å². The zero-order chi connectivity index (χ0) is 19.6. The monoisotopic (exact) mass is 365 g/mol. The van der Waals surface area contributed by atoms with Gasteiger partial charge in [0.05, 0.1) is 0 Å². The average Bonchev–Trinajstić information content (AvgIpc) is 3.04. The Bertz CT molecular complexity index is 901. The molecule has 3 amide bonds. The lowest BCUT2D eigenvalue weighted by molar-refractivity contribution is -0.133. The Hall–Kier alpha value is -3.15. The number of aryl methyl sites for hydroxylation is 3. The van der Waals surface area contributed by atoms with Crippen molar-refractivity contribution in [2.75, 3.05) is 22.1 Å². The van der Waals surface area contributed by atoms with Crippen LogP contribution in [0.25, 0.3) is 0 Å². The van der Waals surface area contributed by atoms with Crippen LogP contribution in [0.1, 0.15) is 29.5 Å². The second-order valence-corrected chi connectivity index (χ2v) is 6.83. The largest absolute Gasteiger partial charge is 0.318 e. The molecule has 140 valence electrons. The van der Waals surface area contributed by atoms with Gasteiger partial charge in [0.1, 0.15) is 0 Å².